The van der Waals surface area contributed by atoms with E-state index in [9.17, 15) is 9.59 Å². The number of amides is 1. The lowest BCUT2D eigenvalue weighted by Crippen LogP contribution is -2.37. The largest absolute Gasteiger partial charge is 0.337 e. The molecule has 7 heteroatoms. The maximum Gasteiger partial charge on any atom is 0.267 e. The summed E-state index contributed by atoms with van der Waals surface area (Å²) in [6.45, 7) is 1.37. The molecule has 2 aliphatic rings. The first-order valence-electron chi connectivity index (χ1n) is 11.3. The predicted octanol–water partition coefficient (Wildman–Crippen LogP) is 5.00. The molecule has 1 amide bonds. The average Bonchev–Trinajstić information content (AvgIpc) is 3.61. The summed E-state index contributed by atoms with van der Waals surface area (Å²) in [7, 11) is 0. The summed E-state index contributed by atoms with van der Waals surface area (Å²) in [5.41, 5.74) is 4.43. The van der Waals surface area contributed by atoms with E-state index in [1.165, 1.54) is 34.2 Å². The highest BCUT2D eigenvalue weighted by Gasteiger charge is 2.29. The molecule has 0 N–H and O–H groups in total. The van der Waals surface area contributed by atoms with Crippen LogP contribution < -0.4 is 5.56 Å². The van der Waals surface area contributed by atoms with Gasteiger partial charge in [0.25, 0.3) is 5.56 Å². The molecule has 2 aromatic carbocycles. The molecule has 0 unspecified atom stereocenters. The second-order valence-corrected chi connectivity index (χ2v) is 10.4. The van der Waals surface area contributed by atoms with Crippen molar-refractivity contribution in [1.82, 2.24) is 14.5 Å². The van der Waals surface area contributed by atoms with E-state index < -0.39 is 0 Å². The van der Waals surface area contributed by atoms with Gasteiger partial charge in [0.15, 0.2) is 5.16 Å². The van der Waals surface area contributed by atoms with Gasteiger partial charge in [0.1, 0.15) is 4.83 Å². The Hall–Kier alpha value is -2.90. The molecule has 5 nitrogen and oxygen atoms in total. The minimum Gasteiger partial charge on any atom is -0.337 e. The zero-order valence-corrected chi connectivity index (χ0v) is 19.7. The van der Waals surface area contributed by atoms with Crippen molar-refractivity contribution in [2.75, 3.05) is 12.3 Å². The first-order valence-corrected chi connectivity index (χ1v) is 13.1. The van der Waals surface area contributed by atoms with Crippen molar-refractivity contribution in [2.24, 2.45) is 0 Å². The predicted molar refractivity (Wildman–Crippen MR) is 133 cm³/mol. The van der Waals surface area contributed by atoms with E-state index in [-0.39, 0.29) is 17.2 Å². The highest BCUT2D eigenvalue weighted by molar-refractivity contribution is 7.99. The molecule has 4 aromatic rings. The number of aromatic nitrogens is 2. The van der Waals surface area contributed by atoms with Gasteiger partial charge in [-0.05, 0) is 59.4 Å². The number of thiophene rings is 1. The van der Waals surface area contributed by atoms with Crippen LogP contribution in [0.5, 0.6) is 0 Å². The van der Waals surface area contributed by atoms with Gasteiger partial charge in [-0.15, -0.1) is 11.3 Å². The molecule has 1 aliphatic heterocycles. The average molecular weight is 474 g/mol. The molecule has 1 aliphatic carbocycles. The van der Waals surface area contributed by atoms with Gasteiger partial charge in [-0.2, -0.15) is 0 Å². The van der Waals surface area contributed by atoms with Gasteiger partial charge >= 0.3 is 0 Å². The third kappa shape index (κ3) is 3.89. The summed E-state index contributed by atoms with van der Waals surface area (Å²) >= 11 is 2.89. The molecule has 6 rings (SSSR count). The molecule has 0 bridgehead atoms. The molecule has 33 heavy (non-hydrogen) atoms. The number of hydrogen-bond donors (Lipinski definition) is 0. The molecule has 0 saturated heterocycles. The Morgan fingerprint density at radius 1 is 1.06 bits per heavy atom. The number of carbonyl (C=O) groups excluding carboxylic acids is 1. The van der Waals surface area contributed by atoms with Gasteiger partial charge in [-0.3, -0.25) is 14.2 Å². The lowest BCUT2D eigenvalue weighted by Gasteiger charge is -2.28. The Morgan fingerprint density at radius 3 is 2.61 bits per heavy atom. The standard InChI is InChI=1S/C26H23N3O2S2/c30-22(28-13-12-17-6-4-5-7-19(17)14-28)16-33-26-27-24-23(21(15-32-24)18-10-11-18)25(31)29(26)20-8-2-1-3-9-20/h1-9,15,18H,10-14,16H2. The first-order chi connectivity index (χ1) is 16.2. The lowest BCUT2D eigenvalue weighted by molar-refractivity contribution is -0.129. The zero-order chi connectivity index (χ0) is 22.4. The monoisotopic (exact) mass is 473 g/mol. The van der Waals surface area contributed by atoms with Crippen LogP contribution in [0.25, 0.3) is 15.9 Å². The number of hydrogen-bond acceptors (Lipinski definition) is 5. The number of nitrogens with zero attached hydrogens (tertiary/aromatic N) is 3. The van der Waals surface area contributed by atoms with Gasteiger partial charge in [0.2, 0.25) is 5.91 Å². The summed E-state index contributed by atoms with van der Waals surface area (Å²) in [6.07, 6.45) is 3.16. The summed E-state index contributed by atoms with van der Waals surface area (Å²) in [5, 5.41) is 3.42. The molecular weight excluding hydrogens is 450 g/mol. The molecule has 3 heterocycles. The number of rotatable bonds is 5. The van der Waals surface area contributed by atoms with Crippen molar-refractivity contribution in [3.8, 4) is 5.69 Å². The molecule has 0 atom stereocenters. The van der Waals surface area contributed by atoms with E-state index in [0.29, 0.717) is 17.6 Å². The maximum absolute atomic E-state index is 13.7. The summed E-state index contributed by atoms with van der Waals surface area (Å²) < 4.78 is 1.68. The molecule has 0 radical (unpaired) electrons. The third-order valence-corrected chi connectivity index (χ3v) is 8.26. The van der Waals surface area contributed by atoms with Crippen LogP contribution >= 0.6 is 23.1 Å². The Balaban J connectivity index is 1.32. The van der Waals surface area contributed by atoms with Crippen LogP contribution in [0.2, 0.25) is 0 Å². The molecule has 1 fully saturated rings. The number of carbonyl (C=O) groups is 1. The van der Waals surface area contributed by atoms with Crippen molar-refractivity contribution in [1.29, 1.82) is 0 Å². The lowest BCUT2D eigenvalue weighted by atomic mass is 10.00. The van der Waals surface area contributed by atoms with E-state index in [4.69, 9.17) is 4.98 Å². The zero-order valence-electron chi connectivity index (χ0n) is 18.1. The van der Waals surface area contributed by atoms with Crippen LogP contribution in [-0.2, 0) is 17.8 Å². The van der Waals surface area contributed by atoms with E-state index in [2.05, 4.69) is 23.6 Å². The number of para-hydroxylation sites is 1. The number of thioether (sulfide) groups is 1. The molecular formula is C26H23N3O2S2. The van der Waals surface area contributed by atoms with Crippen LogP contribution in [0, 0.1) is 0 Å². The van der Waals surface area contributed by atoms with Crippen molar-refractivity contribution in [3.63, 3.8) is 0 Å². The Morgan fingerprint density at radius 2 is 1.82 bits per heavy atom. The smallest absolute Gasteiger partial charge is 0.267 e. The van der Waals surface area contributed by atoms with Crippen LogP contribution in [0.4, 0.5) is 0 Å². The fourth-order valence-corrected chi connectivity index (χ4v) is 6.49. The van der Waals surface area contributed by atoms with Gasteiger partial charge < -0.3 is 4.90 Å². The van der Waals surface area contributed by atoms with Gasteiger partial charge in [0, 0.05) is 13.1 Å². The van der Waals surface area contributed by atoms with Crippen LogP contribution in [-0.4, -0.2) is 32.7 Å². The highest BCUT2D eigenvalue weighted by Crippen LogP contribution is 2.44. The van der Waals surface area contributed by atoms with E-state index in [1.54, 1.807) is 4.57 Å². The van der Waals surface area contributed by atoms with Crippen molar-refractivity contribution in [2.45, 2.75) is 36.9 Å². The fourth-order valence-electron chi connectivity index (χ4n) is 4.52. The van der Waals surface area contributed by atoms with E-state index >= 15 is 0 Å². The van der Waals surface area contributed by atoms with Crippen LogP contribution in [0.15, 0.2) is 69.9 Å². The van der Waals surface area contributed by atoms with E-state index in [1.807, 2.05) is 41.3 Å². The van der Waals surface area contributed by atoms with Crippen molar-refractivity contribution in [3.05, 3.63) is 87.0 Å². The summed E-state index contributed by atoms with van der Waals surface area (Å²) in [4.78, 5) is 34.3. The highest BCUT2D eigenvalue weighted by atomic mass is 32.2. The van der Waals surface area contributed by atoms with Gasteiger partial charge in [0.05, 0.1) is 16.8 Å². The number of benzene rings is 2. The maximum atomic E-state index is 13.7. The summed E-state index contributed by atoms with van der Waals surface area (Å²) in [6, 6.07) is 17.9. The van der Waals surface area contributed by atoms with E-state index in [0.717, 1.165) is 47.3 Å². The normalized spacial score (nSPS) is 15.6. The number of fused-ring (bicyclic) bond motifs is 2. The Bertz CT molecular complexity index is 1410. The Kier molecular flexibility index (Phi) is 5.31. The van der Waals surface area contributed by atoms with Crippen LogP contribution in [0.1, 0.15) is 35.4 Å². The SMILES string of the molecule is O=C(CSc1nc2scc(C3CC3)c2c(=O)n1-c1ccccc1)N1CCc2ccccc2C1. The van der Waals surface area contributed by atoms with Crippen LogP contribution in [0.3, 0.4) is 0 Å². The minimum absolute atomic E-state index is 0.0313. The Labute approximate surface area is 200 Å². The van der Waals surface area contributed by atoms with Gasteiger partial charge in [-0.1, -0.05) is 54.2 Å². The fraction of sp³-hybridized carbons (Fsp3) is 0.269. The topological polar surface area (TPSA) is 55.2 Å². The van der Waals surface area contributed by atoms with Crippen molar-refractivity contribution < 1.29 is 4.79 Å². The third-order valence-electron chi connectivity index (χ3n) is 6.45. The van der Waals surface area contributed by atoms with Gasteiger partial charge in [-0.25, -0.2) is 4.98 Å². The molecule has 166 valence electrons. The molecule has 2 aromatic heterocycles. The second kappa shape index (κ2) is 8.47. The molecule has 0 spiro atoms. The first kappa shape index (κ1) is 20.7. The quantitative estimate of drug-likeness (QED) is 0.302. The molecule has 1 saturated carbocycles. The summed E-state index contributed by atoms with van der Waals surface area (Å²) in [5.74, 6) is 0.821. The minimum atomic E-state index is -0.0313. The second-order valence-electron chi connectivity index (χ2n) is 8.64. The van der Waals surface area contributed by atoms with Crippen molar-refractivity contribution >= 4 is 39.2 Å².